The maximum atomic E-state index is 3.77. The second-order valence-corrected chi connectivity index (χ2v) is 1.72. The van der Waals surface area contributed by atoms with Gasteiger partial charge in [0.15, 0.2) is 0 Å². The molecule has 0 amide bonds. The largest absolute Gasteiger partial charge is 2.00 e. The first-order valence-corrected chi connectivity index (χ1v) is 3.28. The predicted octanol–water partition coefficient (Wildman–Crippen LogP) is 2.41. The maximum Gasteiger partial charge on any atom is 2.00 e. The van der Waals surface area contributed by atoms with Crippen LogP contribution >= 0.6 is 0 Å². The van der Waals surface area contributed by atoms with Crippen molar-refractivity contribution in [3.8, 4) is 0 Å². The van der Waals surface area contributed by atoms with E-state index in [0.717, 1.165) is 6.42 Å². The first kappa shape index (κ1) is 12.9. The third-order valence-corrected chi connectivity index (χ3v) is 1.16. The summed E-state index contributed by atoms with van der Waals surface area (Å²) >= 11 is 0. The maximum absolute atomic E-state index is 3.77. The summed E-state index contributed by atoms with van der Waals surface area (Å²) in [4.78, 5) is 0. The van der Waals surface area contributed by atoms with Gasteiger partial charge in [0.25, 0.3) is 0 Å². The Hall–Kier alpha value is 0.246. The van der Waals surface area contributed by atoms with Crippen molar-refractivity contribution in [2.24, 2.45) is 5.92 Å². The molecule has 0 aliphatic heterocycles. The second kappa shape index (κ2) is 9.25. The zero-order valence-corrected chi connectivity index (χ0v) is 8.13. The minimum absolute atomic E-state index is 0. The molecule has 0 N–H and O–H groups in total. The molecule has 0 bridgehead atoms. The SMILES string of the molecule is [CH2-]C.[CH2-]CC1C=CC=C1.[Mg+2]. The summed E-state index contributed by atoms with van der Waals surface area (Å²) in [6, 6.07) is 0. The third-order valence-electron chi connectivity index (χ3n) is 1.16. The summed E-state index contributed by atoms with van der Waals surface area (Å²) in [5.74, 6) is 0.625. The van der Waals surface area contributed by atoms with Gasteiger partial charge >= 0.3 is 23.1 Å². The zero-order chi connectivity index (χ0) is 7.11. The molecule has 0 atom stereocenters. The molecule has 0 saturated heterocycles. The Labute approximate surface area is 80.5 Å². The number of allylic oxidation sites excluding steroid dienone is 4. The molecule has 1 aliphatic carbocycles. The van der Waals surface area contributed by atoms with Gasteiger partial charge < -0.3 is 13.8 Å². The molecule has 0 spiro atoms. The molecule has 52 valence electrons. The molecule has 0 aromatic rings. The van der Waals surface area contributed by atoms with Gasteiger partial charge in [-0.25, -0.2) is 0 Å². The van der Waals surface area contributed by atoms with Gasteiger partial charge in [-0.3, -0.25) is 0 Å². The first-order valence-electron chi connectivity index (χ1n) is 3.28. The summed E-state index contributed by atoms with van der Waals surface area (Å²) in [7, 11) is 0. The van der Waals surface area contributed by atoms with E-state index in [4.69, 9.17) is 0 Å². The Kier molecular flexibility index (Phi) is 11.9. The van der Waals surface area contributed by atoms with E-state index in [9.17, 15) is 0 Å². The van der Waals surface area contributed by atoms with Gasteiger partial charge in [-0.15, -0.1) is 0 Å². The monoisotopic (exact) mass is 146 g/mol. The van der Waals surface area contributed by atoms with E-state index in [1.165, 1.54) is 0 Å². The molecule has 1 rings (SSSR count). The van der Waals surface area contributed by atoms with Crippen LogP contribution in [0, 0.1) is 19.8 Å². The van der Waals surface area contributed by atoms with Crippen molar-refractivity contribution in [2.75, 3.05) is 0 Å². The van der Waals surface area contributed by atoms with Crippen LogP contribution in [0.25, 0.3) is 0 Å². The second-order valence-electron chi connectivity index (χ2n) is 1.72. The summed E-state index contributed by atoms with van der Waals surface area (Å²) in [5, 5.41) is 0. The van der Waals surface area contributed by atoms with Crippen molar-refractivity contribution in [1.82, 2.24) is 0 Å². The van der Waals surface area contributed by atoms with Crippen molar-refractivity contribution in [3.63, 3.8) is 0 Å². The molecule has 0 saturated carbocycles. The average Bonchev–Trinajstić information content (AvgIpc) is 2.43. The molecule has 0 unspecified atom stereocenters. The Bertz CT molecular complexity index is 91.3. The third kappa shape index (κ3) is 5.06. The van der Waals surface area contributed by atoms with Gasteiger partial charge in [0.1, 0.15) is 0 Å². The van der Waals surface area contributed by atoms with Crippen LogP contribution in [0.3, 0.4) is 0 Å². The van der Waals surface area contributed by atoms with Crippen LogP contribution in [-0.4, -0.2) is 23.1 Å². The van der Waals surface area contributed by atoms with Gasteiger partial charge in [-0.2, -0.15) is 13.3 Å². The van der Waals surface area contributed by atoms with Gasteiger partial charge in [0.2, 0.25) is 0 Å². The van der Waals surface area contributed by atoms with Crippen LogP contribution in [0.4, 0.5) is 0 Å². The molecule has 0 aromatic carbocycles. The number of rotatable bonds is 1. The fourth-order valence-corrected chi connectivity index (χ4v) is 0.670. The van der Waals surface area contributed by atoms with Crippen molar-refractivity contribution < 1.29 is 0 Å². The Morgan fingerprint density at radius 3 is 1.80 bits per heavy atom. The molecule has 0 aromatic heterocycles. The summed E-state index contributed by atoms with van der Waals surface area (Å²) in [6.45, 7) is 8.77. The van der Waals surface area contributed by atoms with Crippen molar-refractivity contribution in [2.45, 2.75) is 13.3 Å². The van der Waals surface area contributed by atoms with E-state index in [1.54, 1.807) is 6.92 Å². The number of hydrogen-bond acceptors (Lipinski definition) is 0. The average molecular weight is 147 g/mol. The van der Waals surface area contributed by atoms with Gasteiger partial charge in [-0.1, -0.05) is 24.3 Å². The molecule has 0 nitrogen and oxygen atoms in total. The molecular formula is C9H14Mg. The molecule has 1 aliphatic rings. The summed E-state index contributed by atoms with van der Waals surface area (Å²) < 4.78 is 0. The molecule has 0 heterocycles. The van der Waals surface area contributed by atoms with E-state index in [-0.39, 0.29) is 23.1 Å². The quantitative estimate of drug-likeness (QED) is 0.394. The van der Waals surface area contributed by atoms with Crippen LogP contribution in [0.15, 0.2) is 24.3 Å². The Morgan fingerprint density at radius 1 is 1.20 bits per heavy atom. The number of hydrogen-bond donors (Lipinski definition) is 0. The summed E-state index contributed by atoms with van der Waals surface area (Å²) in [5.41, 5.74) is 0. The summed E-state index contributed by atoms with van der Waals surface area (Å²) in [6.07, 6.45) is 9.44. The van der Waals surface area contributed by atoms with Gasteiger partial charge in [0.05, 0.1) is 0 Å². The first-order chi connectivity index (χ1) is 4.43. The van der Waals surface area contributed by atoms with E-state index >= 15 is 0 Å². The minimum Gasteiger partial charge on any atom is -0.346 e. The van der Waals surface area contributed by atoms with Gasteiger partial charge in [0, 0.05) is 0 Å². The Morgan fingerprint density at radius 2 is 1.60 bits per heavy atom. The Balaban J connectivity index is 0. The smallest absolute Gasteiger partial charge is 0.346 e. The van der Waals surface area contributed by atoms with E-state index < -0.39 is 0 Å². The van der Waals surface area contributed by atoms with Crippen molar-refractivity contribution in [3.05, 3.63) is 38.2 Å². The van der Waals surface area contributed by atoms with Crippen LogP contribution < -0.4 is 0 Å². The standard InChI is InChI=1S/C7H9.C2H5.Mg/c1-2-7-5-3-4-6-7;1-2;/h3-7H,1-2H2;1H2,2H3;/q2*-1;+2. The van der Waals surface area contributed by atoms with Gasteiger partial charge in [-0.05, 0) is 5.92 Å². The fraction of sp³-hybridized carbons (Fsp3) is 0.333. The molecule has 0 radical (unpaired) electrons. The molecule has 10 heavy (non-hydrogen) atoms. The van der Waals surface area contributed by atoms with Crippen LogP contribution in [0.5, 0.6) is 0 Å². The van der Waals surface area contributed by atoms with E-state index in [0.29, 0.717) is 5.92 Å². The fourth-order valence-electron chi connectivity index (χ4n) is 0.670. The molecule has 0 fully saturated rings. The van der Waals surface area contributed by atoms with E-state index in [1.807, 2.05) is 0 Å². The normalized spacial score (nSPS) is 13.9. The van der Waals surface area contributed by atoms with Crippen molar-refractivity contribution in [1.29, 1.82) is 0 Å². The molecular weight excluding hydrogens is 132 g/mol. The topological polar surface area (TPSA) is 0 Å². The van der Waals surface area contributed by atoms with E-state index in [2.05, 4.69) is 38.2 Å². The van der Waals surface area contributed by atoms with Crippen LogP contribution in [0.2, 0.25) is 0 Å². The van der Waals surface area contributed by atoms with Crippen LogP contribution in [0.1, 0.15) is 13.3 Å². The zero-order valence-electron chi connectivity index (χ0n) is 6.72. The molecule has 1 heteroatoms. The van der Waals surface area contributed by atoms with Crippen LogP contribution in [-0.2, 0) is 0 Å². The van der Waals surface area contributed by atoms with Crippen molar-refractivity contribution >= 4 is 23.1 Å². The predicted molar refractivity (Wildman–Crippen MR) is 48.5 cm³/mol. The minimum atomic E-state index is 0.